The molecule has 0 fully saturated rings. The number of phenolic OH excluding ortho intramolecular Hbond substituents is 1. The van der Waals surface area contributed by atoms with Crippen LogP contribution in [-0.2, 0) is 13.5 Å². The second-order valence-corrected chi connectivity index (χ2v) is 7.35. The minimum absolute atomic E-state index is 0.0125. The van der Waals surface area contributed by atoms with Crippen LogP contribution in [-0.4, -0.2) is 24.4 Å². The Morgan fingerprint density at radius 2 is 2.08 bits per heavy atom. The van der Waals surface area contributed by atoms with Crippen LogP contribution in [0.1, 0.15) is 12.5 Å². The summed E-state index contributed by atoms with van der Waals surface area (Å²) in [7, 11) is 1.75. The molecule has 0 saturated carbocycles. The monoisotopic (exact) mass is 384 g/mol. The number of hydrogen-bond donors (Lipinski definition) is 2. The molecule has 4 rings (SSSR count). The Bertz CT molecular complexity index is 1250. The fraction of sp³-hybridized carbons (Fsp3) is 0.167. The molecular formula is C18H16N4O2S2. The van der Waals surface area contributed by atoms with Gasteiger partial charge in [0, 0.05) is 7.05 Å². The van der Waals surface area contributed by atoms with E-state index in [2.05, 4.69) is 17.1 Å². The van der Waals surface area contributed by atoms with E-state index in [-0.39, 0.29) is 10.6 Å². The van der Waals surface area contributed by atoms with Crippen molar-refractivity contribution in [3.8, 4) is 22.8 Å². The Kier molecular flexibility index (Phi) is 4.01. The van der Waals surface area contributed by atoms with Crippen LogP contribution in [0.3, 0.4) is 0 Å². The van der Waals surface area contributed by atoms with Crippen LogP contribution >= 0.6 is 23.6 Å². The van der Waals surface area contributed by atoms with Crippen molar-refractivity contribution in [3.63, 3.8) is 0 Å². The van der Waals surface area contributed by atoms with Gasteiger partial charge in [-0.05, 0) is 54.5 Å². The molecule has 0 saturated heterocycles. The first-order valence-electron chi connectivity index (χ1n) is 8.09. The minimum Gasteiger partial charge on any atom is -0.507 e. The summed E-state index contributed by atoms with van der Waals surface area (Å²) in [6.07, 6.45) is 0.850. The van der Waals surface area contributed by atoms with Crippen molar-refractivity contribution in [2.24, 2.45) is 7.05 Å². The smallest absolute Gasteiger partial charge is 0.307 e. The highest BCUT2D eigenvalue weighted by Crippen LogP contribution is 2.31. The van der Waals surface area contributed by atoms with Crippen LogP contribution in [0, 0.1) is 4.77 Å². The Morgan fingerprint density at radius 1 is 1.27 bits per heavy atom. The van der Waals surface area contributed by atoms with Gasteiger partial charge in [0.1, 0.15) is 5.75 Å². The molecule has 2 heterocycles. The highest BCUT2D eigenvalue weighted by atomic mass is 32.1. The average Bonchev–Trinajstić information content (AvgIpc) is 3.15. The van der Waals surface area contributed by atoms with Crippen molar-refractivity contribution in [1.29, 1.82) is 0 Å². The number of hydrogen-bond acceptors (Lipinski definition) is 5. The molecule has 0 atom stereocenters. The number of thiazole rings is 1. The average molecular weight is 384 g/mol. The van der Waals surface area contributed by atoms with Crippen LogP contribution in [0.25, 0.3) is 27.3 Å². The normalized spacial score (nSPS) is 11.3. The lowest BCUT2D eigenvalue weighted by atomic mass is 10.1. The van der Waals surface area contributed by atoms with E-state index in [0.717, 1.165) is 27.9 Å². The summed E-state index contributed by atoms with van der Waals surface area (Å²) in [5.41, 5.74) is 3.36. The molecular weight excluding hydrogens is 368 g/mol. The number of nitrogens with one attached hydrogen (secondary N) is 1. The number of aryl methyl sites for hydroxylation is 2. The van der Waals surface area contributed by atoms with E-state index in [1.165, 1.54) is 11.3 Å². The summed E-state index contributed by atoms with van der Waals surface area (Å²) in [4.78, 5) is 11.9. The summed E-state index contributed by atoms with van der Waals surface area (Å²) in [5.74, 6) is 0.674. The molecule has 4 aromatic rings. The topological polar surface area (TPSA) is 75.8 Å². The van der Waals surface area contributed by atoms with Gasteiger partial charge in [-0.25, -0.2) is 0 Å². The molecule has 0 bridgehead atoms. The minimum atomic E-state index is -0.0125. The van der Waals surface area contributed by atoms with Gasteiger partial charge in [0.15, 0.2) is 10.6 Å². The third-order valence-electron chi connectivity index (χ3n) is 4.42. The van der Waals surface area contributed by atoms with Crippen LogP contribution < -0.4 is 4.87 Å². The van der Waals surface area contributed by atoms with E-state index >= 15 is 0 Å². The molecule has 0 aliphatic rings. The van der Waals surface area contributed by atoms with Crippen LogP contribution in [0.4, 0.5) is 0 Å². The van der Waals surface area contributed by atoms with E-state index in [1.54, 1.807) is 22.2 Å². The van der Waals surface area contributed by atoms with Gasteiger partial charge in [-0.3, -0.25) is 14.5 Å². The molecule has 2 N–H and O–H groups in total. The number of nitrogens with zero attached hydrogens (tertiary/aromatic N) is 3. The van der Waals surface area contributed by atoms with Gasteiger partial charge < -0.3 is 9.67 Å². The van der Waals surface area contributed by atoms with Crippen LogP contribution in [0.5, 0.6) is 5.75 Å². The molecule has 0 aliphatic heterocycles. The highest BCUT2D eigenvalue weighted by Gasteiger charge is 2.16. The summed E-state index contributed by atoms with van der Waals surface area (Å²) < 4.78 is 4.68. The molecule has 2 aromatic heterocycles. The van der Waals surface area contributed by atoms with Gasteiger partial charge in [-0.15, -0.1) is 0 Å². The summed E-state index contributed by atoms with van der Waals surface area (Å²) in [6, 6.07) is 11.2. The molecule has 132 valence electrons. The third kappa shape index (κ3) is 2.58. The first kappa shape index (κ1) is 16.7. The van der Waals surface area contributed by atoms with Crippen molar-refractivity contribution < 1.29 is 5.11 Å². The molecule has 0 amide bonds. The van der Waals surface area contributed by atoms with E-state index in [0.29, 0.717) is 16.2 Å². The molecule has 8 heteroatoms. The van der Waals surface area contributed by atoms with Crippen molar-refractivity contribution >= 4 is 33.8 Å². The number of aromatic hydroxyl groups is 1. The Labute approximate surface area is 158 Å². The summed E-state index contributed by atoms with van der Waals surface area (Å²) in [5, 5.41) is 17.5. The zero-order valence-corrected chi connectivity index (χ0v) is 15.8. The molecule has 0 radical (unpaired) electrons. The quantitative estimate of drug-likeness (QED) is 0.527. The van der Waals surface area contributed by atoms with Crippen molar-refractivity contribution in [2.45, 2.75) is 13.3 Å². The standard InChI is InChI=1S/C18H16N4O2S2/c1-3-10-4-7-14(23)12(8-10)16-19-20-17(25)22(16)11-5-6-13-15(9-11)26-18(24)21(13)2/h4-9,23H,3H2,1-2H3,(H,20,25). The molecule has 0 aliphatic carbocycles. The van der Waals surface area contributed by atoms with Crippen LogP contribution in [0.2, 0.25) is 0 Å². The third-order valence-corrected chi connectivity index (χ3v) is 5.69. The summed E-state index contributed by atoms with van der Waals surface area (Å²) in [6.45, 7) is 2.05. The number of H-pyrrole nitrogens is 1. The number of aromatic amines is 1. The van der Waals surface area contributed by atoms with E-state index in [9.17, 15) is 9.90 Å². The van der Waals surface area contributed by atoms with Crippen molar-refractivity contribution in [1.82, 2.24) is 19.3 Å². The maximum atomic E-state index is 11.9. The van der Waals surface area contributed by atoms with E-state index in [1.807, 2.05) is 30.3 Å². The second kappa shape index (κ2) is 6.22. The second-order valence-electron chi connectivity index (χ2n) is 5.97. The summed E-state index contributed by atoms with van der Waals surface area (Å²) >= 11 is 6.60. The first-order valence-corrected chi connectivity index (χ1v) is 9.31. The number of rotatable bonds is 3. The lowest BCUT2D eigenvalue weighted by Gasteiger charge is -2.10. The van der Waals surface area contributed by atoms with Gasteiger partial charge in [-0.1, -0.05) is 24.3 Å². The lowest BCUT2D eigenvalue weighted by Crippen LogP contribution is -2.06. The first-order chi connectivity index (χ1) is 12.5. The zero-order chi connectivity index (χ0) is 18.4. The SMILES string of the molecule is CCc1ccc(O)c(-c2n[nH]c(=S)n2-c2ccc3c(c2)sc(=O)n3C)c1. The highest BCUT2D eigenvalue weighted by molar-refractivity contribution is 7.71. The molecule has 0 unspecified atom stereocenters. The number of aromatic nitrogens is 4. The van der Waals surface area contributed by atoms with Gasteiger partial charge in [0.05, 0.1) is 21.5 Å². The van der Waals surface area contributed by atoms with Crippen LogP contribution in [0.15, 0.2) is 41.2 Å². The maximum absolute atomic E-state index is 11.9. The van der Waals surface area contributed by atoms with Gasteiger partial charge in [0.2, 0.25) is 0 Å². The Morgan fingerprint density at radius 3 is 2.85 bits per heavy atom. The van der Waals surface area contributed by atoms with Crippen molar-refractivity contribution in [2.75, 3.05) is 0 Å². The number of fused-ring (bicyclic) bond motifs is 1. The lowest BCUT2D eigenvalue weighted by molar-refractivity contribution is 0.476. The Balaban J connectivity index is 1.96. The predicted octanol–water partition coefficient (Wildman–Crippen LogP) is 3.78. The zero-order valence-electron chi connectivity index (χ0n) is 14.2. The van der Waals surface area contributed by atoms with Gasteiger partial charge in [-0.2, -0.15) is 5.10 Å². The Hall–Kier alpha value is -2.71. The van der Waals surface area contributed by atoms with E-state index < -0.39 is 0 Å². The van der Waals surface area contributed by atoms with Gasteiger partial charge in [0.25, 0.3) is 0 Å². The number of benzene rings is 2. The van der Waals surface area contributed by atoms with Gasteiger partial charge >= 0.3 is 4.87 Å². The predicted molar refractivity (Wildman–Crippen MR) is 106 cm³/mol. The molecule has 0 spiro atoms. The largest absolute Gasteiger partial charge is 0.507 e. The number of phenols is 1. The van der Waals surface area contributed by atoms with E-state index in [4.69, 9.17) is 12.2 Å². The maximum Gasteiger partial charge on any atom is 0.307 e. The fourth-order valence-electron chi connectivity index (χ4n) is 2.96. The molecule has 2 aromatic carbocycles. The molecule has 26 heavy (non-hydrogen) atoms. The van der Waals surface area contributed by atoms with Crippen molar-refractivity contribution in [3.05, 3.63) is 56.4 Å². The fourth-order valence-corrected chi connectivity index (χ4v) is 4.11. The molecule has 6 nitrogen and oxygen atoms in total.